The van der Waals surface area contributed by atoms with Gasteiger partial charge in [0.25, 0.3) is 0 Å². The maximum atomic E-state index is 12.7. The lowest BCUT2D eigenvalue weighted by atomic mass is 9.98. The highest BCUT2D eigenvalue weighted by Gasteiger charge is 2.39. The van der Waals surface area contributed by atoms with Gasteiger partial charge < -0.3 is 14.8 Å². The first-order valence-electron chi connectivity index (χ1n) is 9.25. The van der Waals surface area contributed by atoms with Crippen molar-refractivity contribution in [3.05, 3.63) is 59.7 Å². The number of nitrogens with one attached hydrogen (secondary N) is 1. The van der Waals surface area contributed by atoms with Gasteiger partial charge in [0.05, 0.1) is 25.3 Å². The number of nitrogens with zero attached hydrogens (tertiary/aromatic N) is 1. The van der Waals surface area contributed by atoms with Gasteiger partial charge in [-0.3, -0.25) is 4.90 Å². The van der Waals surface area contributed by atoms with Gasteiger partial charge in [0.2, 0.25) is 0 Å². The molecule has 1 amide bonds. The summed E-state index contributed by atoms with van der Waals surface area (Å²) in [6.07, 6.45) is -0.228. The van der Waals surface area contributed by atoms with E-state index < -0.39 is 0 Å². The third kappa shape index (κ3) is 3.10. The van der Waals surface area contributed by atoms with Gasteiger partial charge in [-0.15, -0.1) is 12.4 Å². The van der Waals surface area contributed by atoms with Crippen LogP contribution in [0.3, 0.4) is 0 Å². The summed E-state index contributed by atoms with van der Waals surface area (Å²) in [5.74, 6) is 0.102. The van der Waals surface area contributed by atoms with E-state index in [-0.39, 0.29) is 36.5 Å². The SMILES string of the molecule is Cl.O=C(OCC1c2ccccc2-c2ccccc21)N1CCN[C@@H]2COC[C@@H]21. The van der Waals surface area contributed by atoms with Crippen LogP contribution in [0.4, 0.5) is 4.79 Å². The molecule has 0 bridgehead atoms. The highest BCUT2D eigenvalue weighted by molar-refractivity contribution is 5.85. The Morgan fingerprint density at radius 1 is 1.07 bits per heavy atom. The van der Waals surface area contributed by atoms with E-state index in [0.717, 1.165) is 6.54 Å². The first-order chi connectivity index (χ1) is 12.8. The van der Waals surface area contributed by atoms with Gasteiger partial charge in [-0.05, 0) is 22.3 Å². The average molecular weight is 387 g/mol. The zero-order chi connectivity index (χ0) is 17.5. The van der Waals surface area contributed by atoms with Gasteiger partial charge in [-0.2, -0.15) is 0 Å². The van der Waals surface area contributed by atoms with Crippen molar-refractivity contribution < 1.29 is 14.3 Å². The number of piperazine rings is 1. The maximum absolute atomic E-state index is 12.7. The molecule has 1 N–H and O–H groups in total. The lowest BCUT2D eigenvalue weighted by Crippen LogP contribution is -2.59. The van der Waals surface area contributed by atoms with E-state index >= 15 is 0 Å². The number of fused-ring (bicyclic) bond motifs is 4. The monoisotopic (exact) mass is 386 g/mol. The second kappa shape index (κ2) is 7.50. The number of benzene rings is 2. The summed E-state index contributed by atoms with van der Waals surface area (Å²) in [5.41, 5.74) is 4.97. The number of ether oxygens (including phenoxy) is 2. The molecule has 1 aliphatic carbocycles. The van der Waals surface area contributed by atoms with Crippen LogP contribution in [0.5, 0.6) is 0 Å². The summed E-state index contributed by atoms with van der Waals surface area (Å²) in [7, 11) is 0. The molecule has 3 aliphatic rings. The van der Waals surface area contributed by atoms with Gasteiger partial charge in [0.1, 0.15) is 6.61 Å². The van der Waals surface area contributed by atoms with E-state index in [4.69, 9.17) is 9.47 Å². The minimum absolute atomic E-state index is 0. The third-order valence-corrected chi connectivity index (χ3v) is 5.78. The van der Waals surface area contributed by atoms with Gasteiger partial charge in [-0.25, -0.2) is 4.79 Å². The van der Waals surface area contributed by atoms with Crippen LogP contribution in [-0.4, -0.2) is 56.0 Å². The maximum Gasteiger partial charge on any atom is 0.410 e. The Balaban J connectivity index is 0.00000180. The Labute approximate surface area is 165 Å². The van der Waals surface area contributed by atoms with Gasteiger partial charge in [-0.1, -0.05) is 48.5 Å². The molecule has 2 fully saturated rings. The molecule has 6 heteroatoms. The van der Waals surface area contributed by atoms with Crippen molar-refractivity contribution in [2.75, 3.05) is 32.9 Å². The normalized spacial score (nSPS) is 23.2. The molecule has 5 nitrogen and oxygen atoms in total. The molecular formula is C21H23ClN2O3. The molecule has 0 saturated carbocycles. The van der Waals surface area contributed by atoms with E-state index in [9.17, 15) is 4.79 Å². The molecular weight excluding hydrogens is 364 g/mol. The third-order valence-electron chi connectivity index (χ3n) is 5.78. The fourth-order valence-corrected chi connectivity index (χ4v) is 4.48. The molecule has 5 rings (SSSR count). The van der Waals surface area contributed by atoms with E-state index in [1.54, 1.807) is 0 Å². The number of hydrogen-bond acceptors (Lipinski definition) is 4. The molecule has 142 valence electrons. The Bertz CT molecular complexity index is 798. The number of halogens is 1. The summed E-state index contributed by atoms with van der Waals surface area (Å²) in [4.78, 5) is 14.6. The minimum Gasteiger partial charge on any atom is -0.448 e. The Kier molecular flexibility index (Phi) is 5.08. The molecule has 0 radical (unpaired) electrons. The summed E-state index contributed by atoms with van der Waals surface area (Å²) in [6.45, 7) is 3.07. The molecule has 2 aromatic carbocycles. The van der Waals surface area contributed by atoms with Crippen molar-refractivity contribution in [3.8, 4) is 11.1 Å². The van der Waals surface area contributed by atoms with Crippen molar-refractivity contribution >= 4 is 18.5 Å². The highest BCUT2D eigenvalue weighted by Crippen LogP contribution is 2.44. The van der Waals surface area contributed by atoms with Crippen LogP contribution in [0, 0.1) is 0 Å². The van der Waals surface area contributed by atoms with Crippen molar-refractivity contribution in [1.82, 2.24) is 10.2 Å². The first kappa shape index (κ1) is 18.3. The predicted molar refractivity (Wildman–Crippen MR) is 105 cm³/mol. The van der Waals surface area contributed by atoms with Gasteiger partial charge >= 0.3 is 6.09 Å². The first-order valence-corrected chi connectivity index (χ1v) is 9.25. The van der Waals surface area contributed by atoms with Crippen LogP contribution in [0.1, 0.15) is 17.0 Å². The number of rotatable bonds is 2. The van der Waals surface area contributed by atoms with Crippen molar-refractivity contribution in [2.45, 2.75) is 18.0 Å². The number of carbonyl (C=O) groups excluding carboxylic acids is 1. The smallest absolute Gasteiger partial charge is 0.410 e. The van der Waals surface area contributed by atoms with Crippen LogP contribution in [-0.2, 0) is 9.47 Å². The second-order valence-electron chi connectivity index (χ2n) is 7.16. The Hall–Kier alpha value is -2.08. The lowest BCUT2D eigenvalue weighted by molar-refractivity contribution is 0.0679. The summed E-state index contributed by atoms with van der Waals surface area (Å²) in [5, 5.41) is 3.41. The lowest BCUT2D eigenvalue weighted by Gasteiger charge is -2.36. The minimum atomic E-state index is -0.228. The molecule has 2 atom stereocenters. The number of hydrogen-bond donors (Lipinski definition) is 1. The van der Waals surface area contributed by atoms with E-state index in [1.807, 2.05) is 4.90 Å². The number of carbonyl (C=O) groups is 1. The molecule has 0 unspecified atom stereocenters. The predicted octanol–water partition coefficient (Wildman–Crippen LogP) is 3.03. The van der Waals surface area contributed by atoms with Gasteiger partial charge in [0, 0.05) is 19.0 Å². The summed E-state index contributed by atoms with van der Waals surface area (Å²) < 4.78 is 11.3. The van der Waals surface area contributed by atoms with E-state index in [1.165, 1.54) is 22.3 Å². The van der Waals surface area contributed by atoms with E-state index in [0.29, 0.717) is 26.4 Å². The highest BCUT2D eigenvalue weighted by atomic mass is 35.5. The fraction of sp³-hybridized carbons (Fsp3) is 0.381. The van der Waals surface area contributed by atoms with Crippen molar-refractivity contribution in [2.24, 2.45) is 0 Å². The topological polar surface area (TPSA) is 50.8 Å². The van der Waals surface area contributed by atoms with Crippen LogP contribution < -0.4 is 5.32 Å². The Morgan fingerprint density at radius 3 is 2.44 bits per heavy atom. The largest absolute Gasteiger partial charge is 0.448 e. The zero-order valence-electron chi connectivity index (χ0n) is 15.0. The zero-order valence-corrected chi connectivity index (χ0v) is 15.8. The Morgan fingerprint density at radius 2 is 1.74 bits per heavy atom. The molecule has 2 saturated heterocycles. The van der Waals surface area contributed by atoms with Crippen LogP contribution in [0.25, 0.3) is 11.1 Å². The van der Waals surface area contributed by atoms with Gasteiger partial charge in [0.15, 0.2) is 0 Å². The average Bonchev–Trinajstić information content (AvgIpc) is 3.29. The van der Waals surface area contributed by atoms with Crippen molar-refractivity contribution in [3.63, 3.8) is 0 Å². The standard InChI is InChI=1S/C21H22N2O3.ClH/c24-21(23-10-9-22-19-12-25-13-20(19)23)26-11-18-16-7-3-1-5-14(16)15-6-2-4-8-17(15)18;/h1-8,18-20,22H,9-13H2;1H/t19-,20+;/m1./s1. The van der Waals surface area contributed by atoms with Crippen LogP contribution >= 0.6 is 12.4 Å². The van der Waals surface area contributed by atoms with Crippen LogP contribution in [0.2, 0.25) is 0 Å². The molecule has 27 heavy (non-hydrogen) atoms. The van der Waals surface area contributed by atoms with E-state index in [2.05, 4.69) is 53.8 Å². The van der Waals surface area contributed by atoms with Crippen LogP contribution in [0.15, 0.2) is 48.5 Å². The summed E-state index contributed by atoms with van der Waals surface area (Å²) >= 11 is 0. The summed E-state index contributed by atoms with van der Waals surface area (Å²) in [6, 6.07) is 17.1. The second-order valence-corrected chi connectivity index (χ2v) is 7.16. The van der Waals surface area contributed by atoms with Crippen molar-refractivity contribution in [1.29, 1.82) is 0 Å². The fourth-order valence-electron chi connectivity index (χ4n) is 4.48. The molecule has 2 aliphatic heterocycles. The molecule has 2 heterocycles. The molecule has 0 aromatic heterocycles. The number of amides is 1. The molecule has 0 spiro atoms. The molecule has 2 aromatic rings. The quantitative estimate of drug-likeness (QED) is 0.862.